The van der Waals surface area contributed by atoms with Crippen molar-refractivity contribution >= 4 is 29.2 Å². The Hall–Kier alpha value is -4.44. The van der Waals surface area contributed by atoms with Crippen molar-refractivity contribution in [3.05, 3.63) is 105 Å². The maximum atomic E-state index is 13.3. The molecular weight excluding hydrogens is 746 g/mol. The number of carbonyl (C=O) groups is 1. The largest absolute Gasteiger partial charge is 0.492 e. The lowest BCUT2D eigenvalue weighted by Crippen LogP contribution is -2.62. The number of nitrogens with zero attached hydrogens (tertiary/aromatic N) is 3. The third kappa shape index (κ3) is 8.39. The first-order valence-corrected chi connectivity index (χ1v) is 19.2. The van der Waals surface area contributed by atoms with Gasteiger partial charge in [0.1, 0.15) is 47.7 Å². The molecule has 2 aliphatic carbocycles. The van der Waals surface area contributed by atoms with Crippen LogP contribution >= 0.6 is 23.2 Å². The molecule has 1 aliphatic heterocycles. The highest BCUT2D eigenvalue weighted by Crippen LogP contribution is 2.50. The summed E-state index contributed by atoms with van der Waals surface area (Å²) in [6.07, 6.45) is 5.84. The van der Waals surface area contributed by atoms with Crippen LogP contribution in [0.2, 0.25) is 10.0 Å². The molecule has 55 heavy (non-hydrogen) atoms. The number of aromatic nitrogens is 1. The molecule has 0 bridgehead atoms. The first kappa shape index (κ1) is 38.8. The van der Waals surface area contributed by atoms with Crippen molar-refractivity contribution in [1.29, 1.82) is 5.26 Å². The van der Waals surface area contributed by atoms with Crippen LogP contribution in [0.3, 0.4) is 0 Å². The molecule has 0 unspecified atom stereocenters. The fraction of sp³-hybridized carbons (Fsp3) is 0.405. The number of carboxylic acids is 1. The number of halogens is 3. The van der Waals surface area contributed by atoms with Crippen molar-refractivity contribution in [2.24, 2.45) is 5.41 Å². The second-order valence-electron chi connectivity index (χ2n) is 15.1. The molecule has 4 aromatic rings. The summed E-state index contributed by atoms with van der Waals surface area (Å²) in [4.78, 5) is 18.3. The fourth-order valence-corrected chi connectivity index (χ4v) is 8.37. The van der Waals surface area contributed by atoms with Gasteiger partial charge in [-0.2, -0.15) is 5.26 Å². The summed E-state index contributed by atoms with van der Waals surface area (Å²) >= 11 is 13.8. The van der Waals surface area contributed by atoms with E-state index in [9.17, 15) is 24.7 Å². The Morgan fingerprint density at radius 1 is 1.09 bits per heavy atom. The van der Waals surface area contributed by atoms with Crippen molar-refractivity contribution in [2.75, 3.05) is 32.8 Å². The molecular formula is C42H43Cl2FN4O6. The Kier molecular flexibility index (Phi) is 11.5. The molecule has 2 heterocycles. The summed E-state index contributed by atoms with van der Waals surface area (Å²) in [5.41, 5.74) is 4.26. The van der Waals surface area contributed by atoms with Crippen molar-refractivity contribution in [3.8, 4) is 34.4 Å². The van der Waals surface area contributed by atoms with Crippen LogP contribution in [0.5, 0.6) is 17.2 Å². The number of aliphatic hydroxyl groups is 1. The zero-order valence-electron chi connectivity index (χ0n) is 30.5. The average molecular weight is 790 g/mol. The van der Waals surface area contributed by atoms with Gasteiger partial charge in [-0.25, -0.2) is 4.39 Å². The van der Waals surface area contributed by atoms with Crippen molar-refractivity contribution < 1.29 is 33.6 Å². The highest BCUT2D eigenvalue weighted by molar-refractivity contribution is 6.35. The van der Waals surface area contributed by atoms with E-state index in [-0.39, 0.29) is 24.7 Å². The van der Waals surface area contributed by atoms with Gasteiger partial charge in [-0.05, 0) is 73.9 Å². The third-order valence-electron chi connectivity index (χ3n) is 10.9. The molecule has 3 aromatic carbocycles. The number of nitriles is 1. The van der Waals surface area contributed by atoms with E-state index in [2.05, 4.69) is 27.3 Å². The monoisotopic (exact) mass is 788 g/mol. The van der Waals surface area contributed by atoms with Gasteiger partial charge in [-0.15, -0.1) is 0 Å². The number of alkyl halides is 1. The zero-order chi connectivity index (χ0) is 38.7. The van der Waals surface area contributed by atoms with Gasteiger partial charge in [0.2, 0.25) is 0 Å². The lowest BCUT2D eigenvalue weighted by atomic mass is 9.62. The van der Waals surface area contributed by atoms with Crippen LogP contribution in [0.15, 0.2) is 67.0 Å². The lowest BCUT2D eigenvalue weighted by Gasteiger charge is -2.57. The number of nitrogens with one attached hydrogen (secondary N) is 1. The van der Waals surface area contributed by atoms with Gasteiger partial charge >= 0.3 is 5.97 Å². The van der Waals surface area contributed by atoms with Crippen LogP contribution in [0.1, 0.15) is 66.5 Å². The maximum absolute atomic E-state index is 13.3. The summed E-state index contributed by atoms with van der Waals surface area (Å²) in [7, 11) is 0. The molecule has 1 spiro atoms. The van der Waals surface area contributed by atoms with Crippen LogP contribution in [-0.4, -0.2) is 70.6 Å². The molecule has 2 fully saturated rings. The molecule has 1 saturated heterocycles. The van der Waals surface area contributed by atoms with Gasteiger partial charge in [-0.3, -0.25) is 15.1 Å². The minimum atomic E-state index is -1.60. The summed E-state index contributed by atoms with van der Waals surface area (Å²) in [5, 5.41) is 32.5. The van der Waals surface area contributed by atoms with Crippen LogP contribution in [0, 0.1) is 16.7 Å². The quantitative estimate of drug-likeness (QED) is 0.0969. The molecule has 7 rings (SSSR count). The second kappa shape index (κ2) is 16.3. The number of aliphatic carboxylic acids is 1. The molecule has 3 N–H and O–H groups in total. The van der Waals surface area contributed by atoms with Crippen LogP contribution in [0.4, 0.5) is 4.39 Å². The van der Waals surface area contributed by atoms with Gasteiger partial charge in [0.15, 0.2) is 0 Å². The van der Waals surface area contributed by atoms with E-state index in [4.69, 9.17) is 37.4 Å². The second-order valence-corrected chi connectivity index (χ2v) is 15.9. The first-order valence-electron chi connectivity index (χ1n) is 18.4. The van der Waals surface area contributed by atoms with Gasteiger partial charge in [0.05, 0.1) is 28.8 Å². The standard InChI is InChI=1S/C42H43Cl2FN4O6/c1-41(25-50,40(51)52)48-21-28-14-34(43)38(15-37(28)54-22-27-13-26(18-46)19-47-20-27)55-35-10-9-31-30(5-2-6-32(31)35)33-7-3-8-36(39(33)44)53-12-4-11-49-23-42(24-49)16-29(45)17-42/h2-3,5-8,13-15,19-20,29,35,48,50H,4,9-12,16-17,21-25H2,1H3,(H,51,52)/t35-,41+/m0/s1. The minimum Gasteiger partial charge on any atom is -0.492 e. The lowest BCUT2D eigenvalue weighted by molar-refractivity contribution is -0.145. The van der Waals surface area contributed by atoms with E-state index in [0.717, 1.165) is 54.7 Å². The third-order valence-corrected chi connectivity index (χ3v) is 11.6. The van der Waals surface area contributed by atoms with Crippen LogP contribution < -0.4 is 19.5 Å². The number of likely N-dealkylation sites (tertiary alicyclic amines) is 1. The number of pyridine rings is 1. The van der Waals surface area contributed by atoms with Gasteiger partial charge < -0.3 is 29.3 Å². The van der Waals surface area contributed by atoms with Crippen LogP contribution in [0.25, 0.3) is 11.1 Å². The Labute approximate surface area is 329 Å². The molecule has 0 radical (unpaired) electrons. The van der Waals surface area contributed by atoms with E-state index >= 15 is 0 Å². The molecule has 1 aromatic heterocycles. The zero-order valence-corrected chi connectivity index (χ0v) is 32.0. The Morgan fingerprint density at radius 3 is 2.62 bits per heavy atom. The Balaban J connectivity index is 1.06. The number of benzene rings is 3. The van der Waals surface area contributed by atoms with E-state index in [0.29, 0.717) is 69.9 Å². The number of hydrogen-bond acceptors (Lipinski definition) is 9. The SMILES string of the molecule is C[C@](CO)(NCc1cc(Cl)c(O[C@H]2CCc3c(-c4cccc(OCCCN5CC6(CC(F)C6)C5)c4Cl)cccc32)cc1OCc1cncc(C#N)c1)C(=O)O. The number of aliphatic hydroxyl groups excluding tert-OH is 1. The predicted octanol–water partition coefficient (Wildman–Crippen LogP) is 7.70. The summed E-state index contributed by atoms with van der Waals surface area (Å²) in [5.74, 6) is 0.199. The number of rotatable bonds is 16. The maximum Gasteiger partial charge on any atom is 0.326 e. The van der Waals surface area contributed by atoms with E-state index < -0.39 is 24.3 Å². The van der Waals surface area contributed by atoms with Crippen molar-refractivity contribution in [1.82, 2.24) is 15.2 Å². The topological polar surface area (TPSA) is 137 Å². The van der Waals surface area contributed by atoms with Crippen molar-refractivity contribution in [2.45, 2.75) is 70.0 Å². The fourth-order valence-electron chi connectivity index (χ4n) is 7.86. The van der Waals surface area contributed by atoms with Gasteiger partial charge in [-0.1, -0.05) is 53.5 Å². The number of fused-ring (bicyclic) bond motifs is 1. The molecule has 288 valence electrons. The Morgan fingerprint density at radius 2 is 1.87 bits per heavy atom. The van der Waals surface area contributed by atoms with Crippen LogP contribution in [-0.2, 0) is 24.4 Å². The van der Waals surface area contributed by atoms with E-state index in [1.807, 2.05) is 30.3 Å². The van der Waals surface area contributed by atoms with E-state index in [1.54, 1.807) is 24.4 Å². The van der Waals surface area contributed by atoms with Crippen molar-refractivity contribution in [3.63, 3.8) is 0 Å². The molecule has 13 heteroatoms. The Bertz CT molecular complexity index is 2100. The normalized spacial score (nSPS) is 18.4. The van der Waals surface area contributed by atoms with Gasteiger partial charge in [0.25, 0.3) is 0 Å². The molecule has 3 aliphatic rings. The summed E-state index contributed by atoms with van der Waals surface area (Å²) < 4.78 is 32.3. The highest BCUT2D eigenvalue weighted by Gasteiger charge is 2.52. The highest BCUT2D eigenvalue weighted by atomic mass is 35.5. The smallest absolute Gasteiger partial charge is 0.326 e. The molecule has 10 nitrogen and oxygen atoms in total. The molecule has 2 atom stereocenters. The van der Waals surface area contributed by atoms with E-state index in [1.165, 1.54) is 13.1 Å². The molecule has 0 amide bonds. The summed E-state index contributed by atoms with van der Waals surface area (Å²) in [6.45, 7) is 4.27. The molecule has 1 saturated carbocycles. The predicted molar refractivity (Wildman–Crippen MR) is 206 cm³/mol. The number of carboxylic acid groups (broad SMARTS) is 1. The van der Waals surface area contributed by atoms with Gasteiger partial charge in [0, 0.05) is 66.7 Å². The average Bonchev–Trinajstić information content (AvgIpc) is 3.57. The minimum absolute atomic E-state index is 0.0232. The summed E-state index contributed by atoms with van der Waals surface area (Å²) in [6, 6.07) is 19.0. The first-order chi connectivity index (χ1) is 26.5. The number of ether oxygens (including phenoxy) is 3. The number of hydrogen-bond donors (Lipinski definition) is 3.